The van der Waals surface area contributed by atoms with Gasteiger partial charge < -0.3 is 0 Å². The van der Waals surface area contributed by atoms with Gasteiger partial charge in [0, 0.05) is 11.6 Å². The van der Waals surface area contributed by atoms with Crippen LogP contribution in [0.25, 0.3) is 6.08 Å². The Balaban J connectivity index is 1.87. The minimum Gasteiger partial charge on any atom is -0.268 e. The first-order valence-electron chi connectivity index (χ1n) is 6.65. The van der Waals surface area contributed by atoms with Gasteiger partial charge in [-0.05, 0) is 42.8 Å². The van der Waals surface area contributed by atoms with E-state index < -0.39 is 11.8 Å². The Labute approximate surface area is 127 Å². The first-order valence-corrected chi connectivity index (χ1v) is 6.65. The third kappa shape index (κ3) is 4.56. The number of benzene rings is 2. The number of halogens is 1. The normalized spacial score (nSPS) is 10.5. The summed E-state index contributed by atoms with van der Waals surface area (Å²) in [6, 6.07) is 12.7. The molecule has 2 N–H and O–H groups in total. The predicted molar refractivity (Wildman–Crippen MR) is 82.2 cm³/mol. The van der Waals surface area contributed by atoms with Crippen molar-refractivity contribution in [2.75, 3.05) is 0 Å². The second kappa shape index (κ2) is 7.17. The second-order valence-corrected chi connectivity index (χ2v) is 4.70. The molecule has 0 heterocycles. The lowest BCUT2D eigenvalue weighted by molar-refractivity contribution is -0.117. The summed E-state index contributed by atoms with van der Waals surface area (Å²) < 4.78 is 12.7. The Kier molecular flexibility index (Phi) is 5.03. The summed E-state index contributed by atoms with van der Waals surface area (Å²) in [7, 11) is 0. The quantitative estimate of drug-likeness (QED) is 0.676. The molecule has 2 rings (SSSR count). The van der Waals surface area contributed by atoms with E-state index in [-0.39, 0.29) is 5.82 Å². The fourth-order valence-electron chi connectivity index (χ4n) is 1.76. The zero-order valence-electron chi connectivity index (χ0n) is 12.0. The van der Waals surface area contributed by atoms with Crippen molar-refractivity contribution in [2.45, 2.75) is 6.92 Å². The summed E-state index contributed by atoms with van der Waals surface area (Å²) in [6.07, 6.45) is 2.78. The molecule has 4 nitrogen and oxygen atoms in total. The number of rotatable bonds is 3. The summed E-state index contributed by atoms with van der Waals surface area (Å²) in [5.74, 6) is -1.22. The molecule has 22 heavy (non-hydrogen) atoms. The number of carbonyl (C=O) groups is 2. The molecule has 0 aliphatic rings. The average molecular weight is 298 g/mol. The van der Waals surface area contributed by atoms with Crippen molar-refractivity contribution >= 4 is 17.9 Å². The highest BCUT2D eigenvalue weighted by molar-refractivity contribution is 5.98. The Hall–Kier alpha value is -2.95. The van der Waals surface area contributed by atoms with E-state index in [2.05, 4.69) is 10.9 Å². The Morgan fingerprint density at radius 2 is 1.77 bits per heavy atom. The number of hydrogen-bond donors (Lipinski definition) is 2. The van der Waals surface area contributed by atoms with Crippen molar-refractivity contribution < 1.29 is 14.0 Å². The van der Waals surface area contributed by atoms with Gasteiger partial charge in [0.1, 0.15) is 5.82 Å². The van der Waals surface area contributed by atoms with Crippen LogP contribution in [0.4, 0.5) is 4.39 Å². The lowest BCUT2D eigenvalue weighted by Crippen LogP contribution is -2.40. The first kappa shape index (κ1) is 15.4. The molecule has 2 aromatic carbocycles. The first-order chi connectivity index (χ1) is 10.5. The van der Waals surface area contributed by atoms with Gasteiger partial charge in [0.25, 0.3) is 11.8 Å². The van der Waals surface area contributed by atoms with Crippen LogP contribution in [0.2, 0.25) is 0 Å². The summed E-state index contributed by atoms with van der Waals surface area (Å²) in [5.41, 5.74) is 6.70. The Morgan fingerprint density at radius 3 is 2.45 bits per heavy atom. The van der Waals surface area contributed by atoms with E-state index in [9.17, 15) is 14.0 Å². The molecule has 0 spiro atoms. The van der Waals surface area contributed by atoms with Gasteiger partial charge in [-0.15, -0.1) is 0 Å². The van der Waals surface area contributed by atoms with Crippen molar-refractivity contribution in [1.29, 1.82) is 0 Å². The summed E-state index contributed by atoms with van der Waals surface area (Å²) >= 11 is 0. The van der Waals surface area contributed by atoms with Crippen LogP contribution >= 0.6 is 0 Å². The van der Waals surface area contributed by atoms with Gasteiger partial charge >= 0.3 is 0 Å². The molecule has 0 fully saturated rings. The Morgan fingerprint density at radius 1 is 1.05 bits per heavy atom. The van der Waals surface area contributed by atoms with Crippen molar-refractivity contribution in [3.63, 3.8) is 0 Å². The number of carbonyl (C=O) groups excluding carboxylic acids is 2. The van der Waals surface area contributed by atoms with Gasteiger partial charge in [-0.3, -0.25) is 20.4 Å². The lowest BCUT2D eigenvalue weighted by Gasteiger charge is -2.05. The summed E-state index contributed by atoms with van der Waals surface area (Å²) in [6.45, 7) is 1.88. The van der Waals surface area contributed by atoms with Crippen molar-refractivity contribution in [2.24, 2.45) is 0 Å². The minimum absolute atomic E-state index is 0.341. The second-order valence-electron chi connectivity index (χ2n) is 4.70. The Bertz CT molecular complexity index is 709. The SMILES string of the molecule is Cc1cccc(C(=O)NNC(=O)C=Cc2ccc(F)cc2)c1. The molecule has 0 unspecified atom stereocenters. The molecule has 2 aromatic rings. The van der Waals surface area contributed by atoms with Gasteiger partial charge in [-0.2, -0.15) is 0 Å². The van der Waals surface area contributed by atoms with Gasteiger partial charge in [0.2, 0.25) is 0 Å². The highest BCUT2D eigenvalue weighted by Gasteiger charge is 2.05. The van der Waals surface area contributed by atoms with E-state index in [0.717, 1.165) is 5.56 Å². The molecule has 0 aliphatic carbocycles. The lowest BCUT2D eigenvalue weighted by atomic mass is 10.1. The van der Waals surface area contributed by atoms with Crippen molar-refractivity contribution in [1.82, 2.24) is 10.9 Å². The molecule has 0 saturated carbocycles. The van der Waals surface area contributed by atoms with Crippen molar-refractivity contribution in [3.05, 3.63) is 77.1 Å². The highest BCUT2D eigenvalue weighted by Crippen LogP contribution is 2.04. The number of hydrazine groups is 1. The molecule has 0 atom stereocenters. The van der Waals surface area contributed by atoms with Gasteiger partial charge in [0.15, 0.2) is 0 Å². The predicted octanol–water partition coefficient (Wildman–Crippen LogP) is 2.61. The molecule has 0 aliphatic heterocycles. The van der Waals surface area contributed by atoms with E-state index in [4.69, 9.17) is 0 Å². The van der Waals surface area contributed by atoms with Crippen LogP contribution in [0, 0.1) is 12.7 Å². The molecular weight excluding hydrogens is 283 g/mol. The largest absolute Gasteiger partial charge is 0.269 e. The molecule has 5 heteroatoms. The van der Waals surface area contributed by atoms with E-state index >= 15 is 0 Å². The molecule has 0 aromatic heterocycles. The third-order valence-electron chi connectivity index (χ3n) is 2.88. The topological polar surface area (TPSA) is 58.2 Å². The number of aryl methyl sites for hydroxylation is 1. The maximum Gasteiger partial charge on any atom is 0.269 e. The average Bonchev–Trinajstić information content (AvgIpc) is 2.52. The van der Waals surface area contributed by atoms with Crippen molar-refractivity contribution in [3.8, 4) is 0 Å². The number of nitrogens with one attached hydrogen (secondary N) is 2. The molecular formula is C17H15FN2O2. The van der Waals surface area contributed by atoms with Crippen LogP contribution in [0.5, 0.6) is 0 Å². The molecule has 112 valence electrons. The van der Waals surface area contributed by atoms with Gasteiger partial charge in [0.05, 0.1) is 0 Å². The van der Waals surface area contributed by atoms with E-state index in [1.165, 1.54) is 24.3 Å². The molecule has 0 radical (unpaired) electrons. The van der Waals surface area contributed by atoms with Crippen LogP contribution in [0.15, 0.2) is 54.6 Å². The standard InChI is InChI=1S/C17H15FN2O2/c1-12-3-2-4-14(11-12)17(22)20-19-16(21)10-7-13-5-8-15(18)9-6-13/h2-11H,1H3,(H,19,21)(H,20,22). The summed E-state index contributed by atoms with van der Waals surface area (Å²) in [5, 5.41) is 0. The van der Waals surface area contributed by atoms with Crippen LogP contribution in [-0.4, -0.2) is 11.8 Å². The van der Waals surface area contributed by atoms with E-state index in [1.807, 2.05) is 13.0 Å². The monoisotopic (exact) mass is 298 g/mol. The fraction of sp³-hybridized carbons (Fsp3) is 0.0588. The van der Waals surface area contributed by atoms with Crippen LogP contribution in [0.3, 0.4) is 0 Å². The van der Waals surface area contributed by atoms with Crippen LogP contribution < -0.4 is 10.9 Å². The maximum atomic E-state index is 12.7. The smallest absolute Gasteiger partial charge is 0.268 e. The number of hydrogen-bond acceptors (Lipinski definition) is 2. The van der Waals surface area contributed by atoms with Gasteiger partial charge in [-0.1, -0.05) is 29.8 Å². The summed E-state index contributed by atoms with van der Waals surface area (Å²) in [4.78, 5) is 23.4. The van der Waals surface area contributed by atoms with Crippen LogP contribution in [-0.2, 0) is 4.79 Å². The fourth-order valence-corrected chi connectivity index (χ4v) is 1.76. The third-order valence-corrected chi connectivity index (χ3v) is 2.88. The zero-order chi connectivity index (χ0) is 15.9. The van der Waals surface area contributed by atoms with Crippen LogP contribution in [0.1, 0.15) is 21.5 Å². The minimum atomic E-state index is -0.481. The van der Waals surface area contributed by atoms with E-state index in [1.54, 1.807) is 30.3 Å². The van der Waals surface area contributed by atoms with E-state index in [0.29, 0.717) is 11.1 Å². The highest BCUT2D eigenvalue weighted by atomic mass is 19.1. The molecule has 2 amide bonds. The molecule has 0 saturated heterocycles. The molecule has 0 bridgehead atoms. The zero-order valence-corrected chi connectivity index (χ0v) is 12.0. The maximum absolute atomic E-state index is 12.7. The van der Waals surface area contributed by atoms with Gasteiger partial charge in [-0.25, -0.2) is 4.39 Å². The number of amides is 2.